The van der Waals surface area contributed by atoms with Gasteiger partial charge in [0.25, 0.3) is 5.91 Å². The first kappa shape index (κ1) is 14.6. The van der Waals surface area contributed by atoms with Gasteiger partial charge >= 0.3 is 0 Å². The molecule has 1 aromatic rings. The van der Waals surface area contributed by atoms with Gasteiger partial charge in [0, 0.05) is 13.1 Å². The van der Waals surface area contributed by atoms with E-state index in [1.807, 2.05) is 0 Å². The maximum absolute atomic E-state index is 12.0. The summed E-state index contributed by atoms with van der Waals surface area (Å²) >= 11 is 11.6. The van der Waals surface area contributed by atoms with Crippen LogP contribution >= 0.6 is 23.2 Å². The molecular formula is C13H17Cl2N3O. The molecule has 4 nitrogen and oxygen atoms in total. The van der Waals surface area contributed by atoms with Crippen LogP contribution in [0.4, 0.5) is 0 Å². The molecule has 1 fully saturated rings. The largest absolute Gasteiger partial charge is 0.352 e. The molecule has 0 saturated carbocycles. The molecule has 1 atom stereocenters. The number of halogens is 2. The molecule has 0 radical (unpaired) electrons. The smallest absolute Gasteiger partial charge is 0.254 e. The van der Waals surface area contributed by atoms with Crippen LogP contribution in [0.3, 0.4) is 0 Å². The molecule has 2 heterocycles. The summed E-state index contributed by atoms with van der Waals surface area (Å²) in [6, 6.07) is 3.16. The molecule has 19 heavy (non-hydrogen) atoms. The van der Waals surface area contributed by atoms with E-state index in [-0.39, 0.29) is 16.2 Å². The predicted molar refractivity (Wildman–Crippen MR) is 76.8 cm³/mol. The van der Waals surface area contributed by atoms with Gasteiger partial charge in [-0.05, 0) is 37.6 Å². The molecule has 2 rings (SSSR count). The third-order valence-corrected chi connectivity index (χ3v) is 3.93. The first-order valence-corrected chi connectivity index (χ1v) is 7.18. The van der Waals surface area contributed by atoms with Crippen molar-refractivity contribution in [3.05, 3.63) is 28.0 Å². The number of nitrogens with zero attached hydrogens (tertiary/aromatic N) is 2. The Morgan fingerprint density at radius 2 is 2.32 bits per heavy atom. The van der Waals surface area contributed by atoms with Crippen LogP contribution in [-0.4, -0.2) is 42.0 Å². The van der Waals surface area contributed by atoms with E-state index < -0.39 is 0 Å². The third-order valence-electron chi connectivity index (χ3n) is 3.43. The quantitative estimate of drug-likeness (QED) is 0.869. The Kier molecular flexibility index (Phi) is 5.02. The lowest BCUT2D eigenvalue weighted by Crippen LogP contribution is -2.31. The standard InChI is InChI=1S/C13H17Cl2N3O/c1-2-18-6-5-9(8-18)7-16-13(19)10-3-4-11(14)17-12(10)15/h3-4,9H,2,5-8H2,1H3,(H,16,19). The van der Waals surface area contributed by atoms with Crippen LogP contribution in [0.1, 0.15) is 23.7 Å². The van der Waals surface area contributed by atoms with Crippen LogP contribution < -0.4 is 5.32 Å². The fraction of sp³-hybridized carbons (Fsp3) is 0.538. The van der Waals surface area contributed by atoms with E-state index in [9.17, 15) is 4.79 Å². The molecule has 0 bridgehead atoms. The van der Waals surface area contributed by atoms with Crippen molar-refractivity contribution in [2.24, 2.45) is 5.92 Å². The highest BCUT2D eigenvalue weighted by atomic mass is 35.5. The Labute approximate surface area is 123 Å². The molecule has 0 spiro atoms. The second-order valence-electron chi connectivity index (χ2n) is 4.73. The first-order valence-electron chi connectivity index (χ1n) is 6.42. The minimum atomic E-state index is -0.191. The Morgan fingerprint density at radius 3 is 2.95 bits per heavy atom. The van der Waals surface area contributed by atoms with E-state index in [0.29, 0.717) is 18.0 Å². The summed E-state index contributed by atoms with van der Waals surface area (Å²) in [4.78, 5) is 18.2. The van der Waals surface area contributed by atoms with Gasteiger partial charge in [-0.2, -0.15) is 0 Å². The number of aromatic nitrogens is 1. The van der Waals surface area contributed by atoms with Crippen molar-refractivity contribution in [2.75, 3.05) is 26.2 Å². The van der Waals surface area contributed by atoms with E-state index in [4.69, 9.17) is 23.2 Å². The average Bonchev–Trinajstić information content (AvgIpc) is 2.84. The van der Waals surface area contributed by atoms with E-state index in [0.717, 1.165) is 26.1 Å². The summed E-state index contributed by atoms with van der Waals surface area (Å²) in [5.41, 5.74) is 0.372. The maximum atomic E-state index is 12.0. The summed E-state index contributed by atoms with van der Waals surface area (Å²) in [6.45, 7) is 6.05. The van der Waals surface area contributed by atoms with Gasteiger partial charge < -0.3 is 10.2 Å². The molecule has 0 aliphatic carbocycles. The number of likely N-dealkylation sites (tertiary alicyclic amines) is 1. The highest BCUT2D eigenvalue weighted by Gasteiger charge is 2.22. The zero-order valence-corrected chi connectivity index (χ0v) is 12.3. The highest BCUT2D eigenvalue weighted by Crippen LogP contribution is 2.18. The molecule has 1 aromatic heterocycles. The van der Waals surface area contributed by atoms with Crippen LogP contribution in [0.15, 0.2) is 12.1 Å². The highest BCUT2D eigenvalue weighted by molar-refractivity contribution is 6.34. The fourth-order valence-electron chi connectivity index (χ4n) is 2.28. The second-order valence-corrected chi connectivity index (χ2v) is 5.48. The summed E-state index contributed by atoms with van der Waals surface area (Å²) in [7, 11) is 0. The molecule has 6 heteroatoms. The minimum absolute atomic E-state index is 0.145. The summed E-state index contributed by atoms with van der Waals surface area (Å²) in [6.07, 6.45) is 1.13. The van der Waals surface area contributed by atoms with E-state index in [1.54, 1.807) is 12.1 Å². The SMILES string of the molecule is CCN1CCC(CNC(=O)c2ccc(Cl)nc2Cl)C1. The zero-order chi connectivity index (χ0) is 13.8. The molecule has 1 N–H and O–H groups in total. The van der Waals surface area contributed by atoms with Crippen molar-refractivity contribution < 1.29 is 4.79 Å². The molecule has 104 valence electrons. The Hall–Kier alpha value is -0.840. The van der Waals surface area contributed by atoms with E-state index in [1.165, 1.54) is 0 Å². The Balaban J connectivity index is 1.88. The average molecular weight is 302 g/mol. The van der Waals surface area contributed by atoms with Gasteiger partial charge in [-0.1, -0.05) is 30.1 Å². The van der Waals surface area contributed by atoms with Gasteiger partial charge in [-0.3, -0.25) is 4.79 Å². The molecule has 1 aliphatic rings. The van der Waals surface area contributed by atoms with Crippen LogP contribution in [-0.2, 0) is 0 Å². The van der Waals surface area contributed by atoms with Gasteiger partial charge in [0.1, 0.15) is 10.3 Å². The molecule has 1 aliphatic heterocycles. The number of pyridine rings is 1. The second kappa shape index (κ2) is 6.55. The lowest BCUT2D eigenvalue weighted by molar-refractivity contribution is 0.0947. The summed E-state index contributed by atoms with van der Waals surface area (Å²) in [5, 5.41) is 3.35. The lowest BCUT2D eigenvalue weighted by atomic mass is 10.1. The number of carbonyl (C=O) groups is 1. The van der Waals surface area contributed by atoms with Gasteiger partial charge in [-0.25, -0.2) is 4.98 Å². The van der Waals surface area contributed by atoms with E-state index in [2.05, 4.69) is 22.1 Å². The van der Waals surface area contributed by atoms with Crippen molar-refractivity contribution in [1.29, 1.82) is 0 Å². The lowest BCUT2D eigenvalue weighted by Gasteiger charge is -2.14. The zero-order valence-electron chi connectivity index (χ0n) is 10.8. The van der Waals surface area contributed by atoms with Crippen molar-refractivity contribution in [3.63, 3.8) is 0 Å². The van der Waals surface area contributed by atoms with Gasteiger partial charge in [0.05, 0.1) is 5.56 Å². The van der Waals surface area contributed by atoms with Crippen molar-refractivity contribution in [1.82, 2.24) is 15.2 Å². The summed E-state index contributed by atoms with van der Waals surface area (Å²) in [5.74, 6) is 0.326. The van der Waals surface area contributed by atoms with Crippen molar-refractivity contribution in [3.8, 4) is 0 Å². The molecule has 0 aromatic carbocycles. The predicted octanol–water partition coefficient (Wildman–Crippen LogP) is 2.46. The van der Waals surface area contributed by atoms with Crippen LogP contribution in [0.25, 0.3) is 0 Å². The number of amides is 1. The van der Waals surface area contributed by atoms with Crippen LogP contribution in [0, 0.1) is 5.92 Å². The fourth-order valence-corrected chi connectivity index (χ4v) is 2.71. The summed E-state index contributed by atoms with van der Waals surface area (Å²) < 4.78 is 0. The maximum Gasteiger partial charge on any atom is 0.254 e. The molecule has 1 unspecified atom stereocenters. The first-order chi connectivity index (χ1) is 9.10. The Morgan fingerprint density at radius 1 is 1.53 bits per heavy atom. The number of rotatable bonds is 4. The number of nitrogens with one attached hydrogen (secondary N) is 1. The van der Waals surface area contributed by atoms with Crippen LogP contribution in [0.5, 0.6) is 0 Å². The van der Waals surface area contributed by atoms with Gasteiger partial charge in [0.15, 0.2) is 0 Å². The molecule has 1 saturated heterocycles. The topological polar surface area (TPSA) is 45.2 Å². The molecule has 1 amide bonds. The molecular weight excluding hydrogens is 285 g/mol. The number of hydrogen-bond donors (Lipinski definition) is 1. The van der Waals surface area contributed by atoms with Gasteiger partial charge in [0.2, 0.25) is 0 Å². The van der Waals surface area contributed by atoms with E-state index >= 15 is 0 Å². The number of hydrogen-bond acceptors (Lipinski definition) is 3. The number of carbonyl (C=O) groups excluding carboxylic acids is 1. The van der Waals surface area contributed by atoms with Gasteiger partial charge in [-0.15, -0.1) is 0 Å². The minimum Gasteiger partial charge on any atom is -0.352 e. The Bertz CT molecular complexity index is 467. The monoisotopic (exact) mass is 301 g/mol. The third kappa shape index (κ3) is 3.81. The van der Waals surface area contributed by atoms with Crippen molar-refractivity contribution in [2.45, 2.75) is 13.3 Å². The van der Waals surface area contributed by atoms with Crippen molar-refractivity contribution >= 4 is 29.1 Å². The van der Waals surface area contributed by atoms with Crippen LogP contribution in [0.2, 0.25) is 10.3 Å². The normalized spacial score (nSPS) is 19.6.